The number of nitrogens with zero attached hydrogens (tertiary/aromatic N) is 4. The molecule has 0 aromatic carbocycles. The number of pyridine rings is 1. The van der Waals surface area contributed by atoms with Gasteiger partial charge in [-0.15, -0.1) is 0 Å². The fraction of sp³-hybridized carbons (Fsp3) is 0.364. The number of hydrogen-bond donors (Lipinski definition) is 1. The maximum atomic E-state index is 4.16. The first-order valence-corrected chi connectivity index (χ1v) is 5.23. The quantitative estimate of drug-likeness (QED) is 0.832. The topological polar surface area (TPSA) is 55.6 Å². The van der Waals surface area contributed by atoms with Gasteiger partial charge in [-0.05, 0) is 18.6 Å². The smallest absolute Gasteiger partial charge is 0.140 e. The molecule has 0 amide bonds. The standard InChI is InChI=1S/C11H15N5/c1-9(10-4-3-5-12-6-10)13-7-11-14-8-15-16(11)2/h3-6,8-9,13H,7H2,1-2H3/t9-/m1/s1. The largest absolute Gasteiger partial charge is 0.303 e. The summed E-state index contributed by atoms with van der Waals surface area (Å²) in [6.45, 7) is 2.81. The zero-order chi connectivity index (χ0) is 11.4. The monoisotopic (exact) mass is 217 g/mol. The van der Waals surface area contributed by atoms with Crippen LogP contribution in [0.25, 0.3) is 0 Å². The van der Waals surface area contributed by atoms with Gasteiger partial charge in [-0.1, -0.05) is 6.07 Å². The predicted octanol–water partition coefficient (Wildman–Crippen LogP) is 1.06. The molecule has 0 spiro atoms. The normalized spacial score (nSPS) is 12.6. The summed E-state index contributed by atoms with van der Waals surface area (Å²) < 4.78 is 1.77. The zero-order valence-electron chi connectivity index (χ0n) is 9.46. The molecule has 1 atom stereocenters. The van der Waals surface area contributed by atoms with Crippen molar-refractivity contribution in [3.8, 4) is 0 Å². The summed E-state index contributed by atoms with van der Waals surface area (Å²) in [4.78, 5) is 8.25. The minimum Gasteiger partial charge on any atom is -0.303 e. The molecule has 0 bridgehead atoms. The van der Waals surface area contributed by atoms with Crippen molar-refractivity contribution in [1.29, 1.82) is 0 Å². The van der Waals surface area contributed by atoms with Gasteiger partial charge in [0.05, 0.1) is 6.54 Å². The number of aromatic nitrogens is 4. The van der Waals surface area contributed by atoms with Crippen molar-refractivity contribution in [2.45, 2.75) is 19.5 Å². The first kappa shape index (κ1) is 10.8. The van der Waals surface area contributed by atoms with Crippen molar-refractivity contribution in [2.75, 3.05) is 0 Å². The third kappa shape index (κ3) is 2.43. The molecular formula is C11H15N5. The van der Waals surface area contributed by atoms with E-state index in [9.17, 15) is 0 Å². The van der Waals surface area contributed by atoms with E-state index < -0.39 is 0 Å². The summed E-state index contributed by atoms with van der Waals surface area (Å²) in [5.74, 6) is 0.927. The summed E-state index contributed by atoms with van der Waals surface area (Å²) in [6, 6.07) is 4.25. The molecule has 2 rings (SSSR count). The van der Waals surface area contributed by atoms with Gasteiger partial charge in [0.1, 0.15) is 12.2 Å². The molecule has 1 N–H and O–H groups in total. The van der Waals surface area contributed by atoms with Crippen molar-refractivity contribution in [2.24, 2.45) is 7.05 Å². The van der Waals surface area contributed by atoms with Crippen molar-refractivity contribution in [1.82, 2.24) is 25.1 Å². The highest BCUT2D eigenvalue weighted by atomic mass is 15.3. The Balaban J connectivity index is 1.94. The van der Waals surface area contributed by atoms with Crippen LogP contribution in [-0.2, 0) is 13.6 Å². The van der Waals surface area contributed by atoms with Crippen LogP contribution in [0.5, 0.6) is 0 Å². The molecular weight excluding hydrogens is 202 g/mol. The maximum absolute atomic E-state index is 4.16. The lowest BCUT2D eigenvalue weighted by molar-refractivity contribution is 0.539. The fourth-order valence-corrected chi connectivity index (χ4v) is 1.47. The molecule has 0 aliphatic carbocycles. The molecule has 84 valence electrons. The van der Waals surface area contributed by atoms with E-state index in [0.29, 0.717) is 6.54 Å². The Morgan fingerprint density at radius 3 is 3.00 bits per heavy atom. The predicted molar refractivity (Wildman–Crippen MR) is 60.5 cm³/mol. The second-order valence-corrected chi connectivity index (χ2v) is 3.69. The molecule has 0 radical (unpaired) electrons. The SMILES string of the molecule is C[C@@H](NCc1ncnn1C)c1cccnc1. The number of hydrogen-bond acceptors (Lipinski definition) is 4. The molecule has 0 saturated carbocycles. The maximum Gasteiger partial charge on any atom is 0.140 e. The Bertz CT molecular complexity index is 437. The third-order valence-electron chi connectivity index (χ3n) is 2.56. The van der Waals surface area contributed by atoms with Crippen molar-refractivity contribution >= 4 is 0 Å². The van der Waals surface area contributed by atoms with E-state index in [1.54, 1.807) is 17.2 Å². The van der Waals surface area contributed by atoms with E-state index in [2.05, 4.69) is 33.4 Å². The fourth-order valence-electron chi connectivity index (χ4n) is 1.47. The first-order valence-electron chi connectivity index (χ1n) is 5.23. The van der Waals surface area contributed by atoms with Gasteiger partial charge >= 0.3 is 0 Å². The summed E-state index contributed by atoms with van der Waals surface area (Å²) in [5, 5.41) is 7.40. The summed E-state index contributed by atoms with van der Waals surface area (Å²) >= 11 is 0. The summed E-state index contributed by atoms with van der Waals surface area (Å²) in [5.41, 5.74) is 1.17. The summed E-state index contributed by atoms with van der Waals surface area (Å²) in [7, 11) is 1.89. The van der Waals surface area contributed by atoms with E-state index in [4.69, 9.17) is 0 Å². The molecule has 2 heterocycles. The molecule has 0 aliphatic heterocycles. The lowest BCUT2D eigenvalue weighted by atomic mass is 10.1. The van der Waals surface area contributed by atoms with E-state index in [0.717, 1.165) is 5.82 Å². The molecule has 0 fully saturated rings. The molecule has 0 saturated heterocycles. The van der Waals surface area contributed by atoms with Crippen LogP contribution < -0.4 is 5.32 Å². The van der Waals surface area contributed by atoms with E-state index in [1.165, 1.54) is 5.56 Å². The van der Waals surface area contributed by atoms with E-state index in [1.807, 2.05) is 19.3 Å². The molecule has 5 nitrogen and oxygen atoms in total. The number of rotatable bonds is 4. The van der Waals surface area contributed by atoms with Crippen LogP contribution >= 0.6 is 0 Å². The van der Waals surface area contributed by atoms with Crippen LogP contribution in [0.4, 0.5) is 0 Å². The van der Waals surface area contributed by atoms with Gasteiger partial charge in [0.25, 0.3) is 0 Å². The second-order valence-electron chi connectivity index (χ2n) is 3.69. The lowest BCUT2D eigenvalue weighted by Crippen LogP contribution is -2.20. The van der Waals surface area contributed by atoms with Gasteiger partial charge in [-0.25, -0.2) is 4.98 Å². The van der Waals surface area contributed by atoms with Gasteiger partial charge < -0.3 is 5.32 Å². The average molecular weight is 217 g/mol. The zero-order valence-corrected chi connectivity index (χ0v) is 9.46. The van der Waals surface area contributed by atoms with Crippen LogP contribution in [0.1, 0.15) is 24.4 Å². The first-order chi connectivity index (χ1) is 7.77. The van der Waals surface area contributed by atoms with Crippen LogP contribution in [0.2, 0.25) is 0 Å². The molecule has 2 aromatic heterocycles. The molecule has 5 heteroatoms. The summed E-state index contributed by atoms with van der Waals surface area (Å²) in [6.07, 6.45) is 5.21. The molecule has 0 unspecified atom stereocenters. The van der Waals surface area contributed by atoms with Crippen LogP contribution in [-0.4, -0.2) is 19.7 Å². The number of nitrogens with one attached hydrogen (secondary N) is 1. The Kier molecular flexibility index (Phi) is 3.26. The Morgan fingerprint density at radius 1 is 1.50 bits per heavy atom. The number of aryl methyl sites for hydroxylation is 1. The Labute approximate surface area is 94.5 Å². The van der Waals surface area contributed by atoms with Gasteiger partial charge in [0.15, 0.2) is 0 Å². The molecule has 2 aromatic rings. The molecule has 0 aliphatic rings. The third-order valence-corrected chi connectivity index (χ3v) is 2.56. The van der Waals surface area contributed by atoms with Crippen LogP contribution in [0.15, 0.2) is 30.9 Å². The Hall–Kier alpha value is -1.75. The minimum atomic E-state index is 0.255. The highest BCUT2D eigenvalue weighted by molar-refractivity contribution is 5.12. The van der Waals surface area contributed by atoms with E-state index in [-0.39, 0.29) is 6.04 Å². The highest BCUT2D eigenvalue weighted by Crippen LogP contribution is 2.10. The van der Waals surface area contributed by atoms with Crippen molar-refractivity contribution < 1.29 is 0 Å². The van der Waals surface area contributed by atoms with E-state index >= 15 is 0 Å². The molecule has 16 heavy (non-hydrogen) atoms. The van der Waals surface area contributed by atoms with Gasteiger partial charge in [-0.3, -0.25) is 9.67 Å². The van der Waals surface area contributed by atoms with Crippen molar-refractivity contribution in [3.63, 3.8) is 0 Å². The second kappa shape index (κ2) is 4.85. The van der Waals surface area contributed by atoms with Gasteiger partial charge in [-0.2, -0.15) is 5.10 Å². The minimum absolute atomic E-state index is 0.255. The van der Waals surface area contributed by atoms with Crippen LogP contribution in [0.3, 0.4) is 0 Å². The highest BCUT2D eigenvalue weighted by Gasteiger charge is 2.06. The van der Waals surface area contributed by atoms with Gasteiger partial charge in [0, 0.05) is 25.5 Å². The van der Waals surface area contributed by atoms with Crippen LogP contribution in [0, 0.1) is 0 Å². The average Bonchev–Trinajstić information content (AvgIpc) is 2.73. The Morgan fingerprint density at radius 2 is 2.38 bits per heavy atom. The van der Waals surface area contributed by atoms with Crippen molar-refractivity contribution in [3.05, 3.63) is 42.2 Å². The lowest BCUT2D eigenvalue weighted by Gasteiger charge is -2.12. The van der Waals surface area contributed by atoms with Gasteiger partial charge in [0.2, 0.25) is 0 Å².